The Bertz CT molecular complexity index is 684. The van der Waals surface area contributed by atoms with Crippen LogP contribution in [0.5, 0.6) is 0 Å². The van der Waals surface area contributed by atoms with E-state index >= 15 is 0 Å². The molecule has 1 heterocycles. The van der Waals surface area contributed by atoms with Gasteiger partial charge in [-0.3, -0.25) is 0 Å². The quantitative estimate of drug-likeness (QED) is 0.707. The van der Waals surface area contributed by atoms with Crippen molar-refractivity contribution < 1.29 is 8.42 Å². The van der Waals surface area contributed by atoms with Crippen LogP contribution in [0.2, 0.25) is 0 Å². The molecule has 2 rings (SSSR count). The topological polar surface area (TPSA) is 46.2 Å². The molecular weight excluding hydrogens is 390 g/mol. The van der Waals surface area contributed by atoms with Gasteiger partial charge >= 0.3 is 0 Å². The third kappa shape index (κ3) is 5.10. The van der Waals surface area contributed by atoms with Crippen LogP contribution in [0.15, 0.2) is 45.1 Å². The number of nitrogens with one attached hydrogen (secondary N) is 1. The van der Waals surface area contributed by atoms with Crippen molar-refractivity contribution in [3.8, 4) is 0 Å². The maximum absolute atomic E-state index is 12.3. The van der Waals surface area contributed by atoms with E-state index in [9.17, 15) is 8.42 Å². The van der Waals surface area contributed by atoms with Gasteiger partial charge in [-0.05, 0) is 36.1 Å². The molecule has 3 nitrogen and oxygen atoms in total. The van der Waals surface area contributed by atoms with Gasteiger partial charge in [0.05, 0.1) is 4.90 Å². The Morgan fingerprint density at radius 3 is 2.86 bits per heavy atom. The molecule has 0 fully saturated rings. The largest absolute Gasteiger partial charge is 0.240 e. The van der Waals surface area contributed by atoms with Gasteiger partial charge in [0.25, 0.3) is 0 Å². The Kier molecular flexibility index (Phi) is 6.31. The molecule has 0 atom stereocenters. The van der Waals surface area contributed by atoms with Crippen LogP contribution in [-0.4, -0.2) is 20.7 Å². The number of thiophene rings is 1. The number of thioether (sulfide) groups is 1. The van der Waals surface area contributed by atoms with Gasteiger partial charge in [0.1, 0.15) is 0 Å². The average molecular weight is 406 g/mol. The summed E-state index contributed by atoms with van der Waals surface area (Å²) in [6, 6.07) is 9.39. The zero-order valence-corrected chi connectivity index (χ0v) is 15.5. The lowest BCUT2D eigenvalue weighted by Gasteiger charge is -2.09. The molecule has 1 aromatic carbocycles. The zero-order valence-electron chi connectivity index (χ0n) is 11.5. The monoisotopic (exact) mass is 405 g/mol. The molecule has 0 aliphatic rings. The SMILES string of the molecule is Cc1ccc(Br)cc1S(=O)(=O)NCCSCc1cccs1. The van der Waals surface area contributed by atoms with E-state index in [1.807, 2.05) is 12.1 Å². The molecule has 0 saturated carbocycles. The third-order valence-electron chi connectivity index (χ3n) is 2.80. The molecule has 0 bridgehead atoms. The molecule has 0 unspecified atom stereocenters. The van der Waals surface area contributed by atoms with E-state index < -0.39 is 10.0 Å². The predicted molar refractivity (Wildman–Crippen MR) is 94.5 cm³/mol. The van der Waals surface area contributed by atoms with Gasteiger partial charge in [-0.25, -0.2) is 13.1 Å². The van der Waals surface area contributed by atoms with Crippen LogP contribution in [0.3, 0.4) is 0 Å². The number of aryl methyl sites for hydroxylation is 1. The van der Waals surface area contributed by atoms with Crippen molar-refractivity contribution in [2.75, 3.05) is 12.3 Å². The summed E-state index contributed by atoms with van der Waals surface area (Å²) in [5, 5.41) is 2.05. The maximum atomic E-state index is 12.3. The number of halogens is 1. The molecule has 0 saturated heterocycles. The number of hydrogen-bond donors (Lipinski definition) is 1. The second-order valence-electron chi connectivity index (χ2n) is 4.44. The van der Waals surface area contributed by atoms with E-state index in [-0.39, 0.29) is 0 Å². The second-order valence-corrected chi connectivity index (χ2v) is 9.23. The molecule has 1 N–H and O–H groups in total. The summed E-state index contributed by atoms with van der Waals surface area (Å²) >= 11 is 6.76. The van der Waals surface area contributed by atoms with Gasteiger partial charge in [-0.15, -0.1) is 11.3 Å². The second kappa shape index (κ2) is 7.78. The van der Waals surface area contributed by atoms with Crippen molar-refractivity contribution in [3.05, 3.63) is 50.6 Å². The number of hydrogen-bond acceptors (Lipinski definition) is 4. The predicted octanol–water partition coefficient (Wildman–Crippen LogP) is 4.03. The summed E-state index contributed by atoms with van der Waals surface area (Å²) in [5.41, 5.74) is 0.747. The molecule has 2 aromatic rings. The van der Waals surface area contributed by atoms with E-state index in [0.717, 1.165) is 21.5 Å². The zero-order chi connectivity index (χ0) is 15.3. The molecule has 114 valence electrons. The number of rotatable bonds is 7. The number of benzene rings is 1. The van der Waals surface area contributed by atoms with Gasteiger partial charge in [0.2, 0.25) is 10.0 Å². The molecule has 7 heteroatoms. The van der Waals surface area contributed by atoms with Crippen LogP contribution in [0, 0.1) is 6.92 Å². The minimum Gasteiger partial charge on any atom is -0.210 e. The van der Waals surface area contributed by atoms with Crippen LogP contribution in [0.1, 0.15) is 10.4 Å². The molecule has 0 amide bonds. The van der Waals surface area contributed by atoms with Crippen LogP contribution >= 0.6 is 39.0 Å². The Labute approximate surface area is 142 Å². The van der Waals surface area contributed by atoms with Crippen LogP contribution < -0.4 is 4.72 Å². The molecule has 0 radical (unpaired) electrons. The van der Waals surface area contributed by atoms with E-state index in [2.05, 4.69) is 32.1 Å². The van der Waals surface area contributed by atoms with Crippen LogP contribution in [0.25, 0.3) is 0 Å². The van der Waals surface area contributed by atoms with Crippen molar-refractivity contribution in [2.24, 2.45) is 0 Å². The lowest BCUT2D eigenvalue weighted by atomic mass is 10.2. The first-order chi connectivity index (χ1) is 9.99. The fourth-order valence-electron chi connectivity index (χ4n) is 1.76. The lowest BCUT2D eigenvalue weighted by molar-refractivity contribution is 0.583. The fraction of sp³-hybridized carbons (Fsp3) is 0.286. The van der Waals surface area contributed by atoms with Crippen molar-refractivity contribution in [2.45, 2.75) is 17.6 Å². The molecule has 21 heavy (non-hydrogen) atoms. The highest BCUT2D eigenvalue weighted by Crippen LogP contribution is 2.21. The smallest absolute Gasteiger partial charge is 0.210 e. The molecular formula is C14H16BrNO2S3. The highest BCUT2D eigenvalue weighted by molar-refractivity contribution is 9.10. The van der Waals surface area contributed by atoms with Gasteiger partial charge in [0, 0.05) is 27.4 Å². The summed E-state index contributed by atoms with van der Waals surface area (Å²) in [6.07, 6.45) is 0. The number of sulfonamides is 1. The van der Waals surface area contributed by atoms with Crippen molar-refractivity contribution in [1.29, 1.82) is 0 Å². The Hall–Kier alpha value is -0.340. The van der Waals surface area contributed by atoms with E-state index in [4.69, 9.17) is 0 Å². The minimum absolute atomic E-state index is 0.333. The first-order valence-electron chi connectivity index (χ1n) is 6.35. The maximum Gasteiger partial charge on any atom is 0.240 e. The first kappa shape index (κ1) is 17.0. The Morgan fingerprint density at radius 1 is 1.33 bits per heavy atom. The van der Waals surface area contributed by atoms with Crippen LogP contribution in [0.4, 0.5) is 0 Å². The van der Waals surface area contributed by atoms with Gasteiger partial charge in [-0.1, -0.05) is 28.1 Å². The Balaban J connectivity index is 1.85. The normalized spacial score (nSPS) is 11.7. The van der Waals surface area contributed by atoms with Gasteiger partial charge < -0.3 is 0 Å². The third-order valence-corrected chi connectivity index (χ3v) is 6.97. The highest BCUT2D eigenvalue weighted by atomic mass is 79.9. The lowest BCUT2D eigenvalue weighted by Crippen LogP contribution is -2.26. The van der Waals surface area contributed by atoms with Gasteiger partial charge in [0.15, 0.2) is 0 Å². The van der Waals surface area contributed by atoms with E-state index in [1.54, 1.807) is 42.2 Å². The van der Waals surface area contributed by atoms with Crippen LogP contribution in [-0.2, 0) is 15.8 Å². The fourth-order valence-corrected chi connectivity index (χ4v) is 5.40. The summed E-state index contributed by atoms with van der Waals surface area (Å²) in [5.74, 6) is 1.68. The standard InChI is InChI=1S/C14H16BrNO2S3/c1-11-4-5-12(15)9-14(11)21(17,18)16-6-8-19-10-13-3-2-7-20-13/h2-5,7,9,16H,6,8,10H2,1H3. The molecule has 0 aliphatic heterocycles. The average Bonchev–Trinajstić information content (AvgIpc) is 2.94. The van der Waals surface area contributed by atoms with Gasteiger partial charge in [-0.2, -0.15) is 11.8 Å². The molecule has 0 spiro atoms. The Morgan fingerprint density at radius 2 is 2.14 bits per heavy atom. The summed E-state index contributed by atoms with van der Waals surface area (Å²) in [4.78, 5) is 1.64. The highest BCUT2D eigenvalue weighted by Gasteiger charge is 2.16. The van der Waals surface area contributed by atoms with E-state index in [0.29, 0.717) is 11.4 Å². The summed E-state index contributed by atoms with van der Waals surface area (Å²) < 4.78 is 27.9. The molecule has 0 aliphatic carbocycles. The first-order valence-corrected chi connectivity index (χ1v) is 10.7. The van der Waals surface area contributed by atoms with E-state index in [1.165, 1.54) is 4.88 Å². The minimum atomic E-state index is -3.44. The van der Waals surface area contributed by atoms with Crippen molar-refractivity contribution in [3.63, 3.8) is 0 Å². The molecule has 1 aromatic heterocycles. The summed E-state index contributed by atoms with van der Waals surface area (Å²) in [7, 11) is -3.44. The van der Waals surface area contributed by atoms with Crippen molar-refractivity contribution in [1.82, 2.24) is 4.72 Å². The summed E-state index contributed by atoms with van der Waals surface area (Å²) in [6.45, 7) is 2.23. The van der Waals surface area contributed by atoms with Crippen molar-refractivity contribution >= 4 is 49.1 Å².